The summed E-state index contributed by atoms with van der Waals surface area (Å²) >= 11 is 0. The van der Waals surface area contributed by atoms with Crippen molar-refractivity contribution < 1.29 is 9.90 Å². The highest BCUT2D eigenvalue weighted by atomic mass is 16.4. The van der Waals surface area contributed by atoms with Crippen LogP contribution in [0.3, 0.4) is 0 Å². The van der Waals surface area contributed by atoms with Crippen LogP contribution in [0.1, 0.15) is 46.9 Å². The van der Waals surface area contributed by atoms with Crippen LogP contribution in [0.4, 0.5) is 0 Å². The van der Waals surface area contributed by atoms with E-state index in [1.807, 2.05) is 35.0 Å². The Kier molecular flexibility index (Phi) is 3.67. The van der Waals surface area contributed by atoms with Crippen molar-refractivity contribution in [1.29, 1.82) is 0 Å². The predicted molar refractivity (Wildman–Crippen MR) is 85.5 cm³/mol. The standard InChI is InChI=1S/C18H18N2O2/c1-3-15-17(16-6-4-5-11-20(16)19-15)12(2)13-7-9-14(10-8-13)18(21)22/h4-12H,3H2,1-2H3,(H,21,22). The van der Waals surface area contributed by atoms with Crippen molar-refractivity contribution in [3.8, 4) is 0 Å². The van der Waals surface area contributed by atoms with Gasteiger partial charge in [0.05, 0.1) is 16.8 Å². The lowest BCUT2D eigenvalue weighted by Crippen LogP contribution is -2.01. The molecule has 0 fully saturated rings. The average Bonchev–Trinajstić information content (AvgIpc) is 2.92. The maximum Gasteiger partial charge on any atom is 0.335 e. The van der Waals surface area contributed by atoms with Gasteiger partial charge >= 0.3 is 5.97 Å². The smallest absolute Gasteiger partial charge is 0.335 e. The van der Waals surface area contributed by atoms with Gasteiger partial charge in [0.2, 0.25) is 0 Å². The lowest BCUT2D eigenvalue weighted by atomic mass is 9.91. The number of pyridine rings is 1. The third-order valence-electron chi connectivity index (χ3n) is 4.08. The molecule has 0 spiro atoms. The first kappa shape index (κ1) is 14.3. The molecule has 2 heterocycles. The molecule has 0 aliphatic heterocycles. The molecule has 0 amide bonds. The largest absolute Gasteiger partial charge is 0.478 e. The van der Waals surface area contributed by atoms with E-state index in [1.54, 1.807) is 12.1 Å². The molecule has 3 rings (SSSR count). The van der Waals surface area contributed by atoms with Crippen molar-refractivity contribution >= 4 is 11.5 Å². The van der Waals surface area contributed by atoms with Gasteiger partial charge in [-0.15, -0.1) is 0 Å². The highest BCUT2D eigenvalue weighted by Crippen LogP contribution is 2.31. The fourth-order valence-electron chi connectivity index (χ4n) is 2.88. The second-order valence-electron chi connectivity index (χ2n) is 5.39. The van der Waals surface area contributed by atoms with Gasteiger partial charge in [0.15, 0.2) is 0 Å². The van der Waals surface area contributed by atoms with Gasteiger partial charge in [-0.25, -0.2) is 9.31 Å². The summed E-state index contributed by atoms with van der Waals surface area (Å²) in [6, 6.07) is 13.1. The molecule has 3 aromatic rings. The highest BCUT2D eigenvalue weighted by molar-refractivity contribution is 5.87. The summed E-state index contributed by atoms with van der Waals surface area (Å²) in [6.07, 6.45) is 2.83. The molecule has 2 aromatic heterocycles. The van der Waals surface area contributed by atoms with E-state index in [0.29, 0.717) is 5.56 Å². The van der Waals surface area contributed by atoms with Crippen LogP contribution in [0.15, 0.2) is 48.7 Å². The molecule has 112 valence electrons. The first-order valence-corrected chi connectivity index (χ1v) is 7.41. The number of aromatic carboxylic acids is 1. The molecule has 1 atom stereocenters. The molecule has 0 aliphatic rings. The van der Waals surface area contributed by atoms with Gasteiger partial charge in [0.1, 0.15) is 0 Å². The summed E-state index contributed by atoms with van der Waals surface area (Å²) in [4.78, 5) is 11.0. The maximum absolute atomic E-state index is 11.0. The van der Waals surface area contributed by atoms with E-state index in [2.05, 4.69) is 25.0 Å². The minimum absolute atomic E-state index is 0.165. The van der Waals surface area contributed by atoms with Crippen molar-refractivity contribution in [3.63, 3.8) is 0 Å². The first-order chi connectivity index (χ1) is 10.6. The van der Waals surface area contributed by atoms with Crippen molar-refractivity contribution in [3.05, 3.63) is 71.0 Å². The summed E-state index contributed by atoms with van der Waals surface area (Å²) in [7, 11) is 0. The molecule has 1 aromatic carbocycles. The van der Waals surface area contributed by atoms with Gasteiger partial charge in [0.25, 0.3) is 0 Å². The minimum atomic E-state index is -0.899. The van der Waals surface area contributed by atoms with Gasteiger partial charge in [-0.1, -0.05) is 32.0 Å². The quantitative estimate of drug-likeness (QED) is 0.797. The van der Waals surface area contributed by atoms with Crippen molar-refractivity contribution in [2.45, 2.75) is 26.2 Å². The van der Waals surface area contributed by atoms with Crippen LogP contribution in [-0.4, -0.2) is 20.7 Å². The lowest BCUT2D eigenvalue weighted by molar-refractivity contribution is 0.0697. The number of aromatic nitrogens is 2. The molecule has 0 saturated carbocycles. The number of carboxylic acids is 1. The zero-order chi connectivity index (χ0) is 15.7. The Morgan fingerprint density at radius 1 is 1.23 bits per heavy atom. The van der Waals surface area contributed by atoms with Crippen molar-refractivity contribution in [2.75, 3.05) is 0 Å². The summed E-state index contributed by atoms with van der Waals surface area (Å²) in [5, 5.41) is 13.7. The van der Waals surface area contributed by atoms with Crippen molar-refractivity contribution in [2.24, 2.45) is 0 Å². The number of hydrogen-bond acceptors (Lipinski definition) is 2. The number of fused-ring (bicyclic) bond motifs is 1. The molecule has 1 N–H and O–H groups in total. The molecule has 22 heavy (non-hydrogen) atoms. The van der Waals surface area contributed by atoms with Crippen LogP contribution >= 0.6 is 0 Å². The van der Waals surface area contributed by atoms with E-state index < -0.39 is 5.97 Å². The predicted octanol–water partition coefficient (Wildman–Crippen LogP) is 3.75. The normalized spacial score (nSPS) is 12.5. The van der Waals surface area contributed by atoms with Crippen LogP contribution in [0.2, 0.25) is 0 Å². The third kappa shape index (κ3) is 2.37. The molecule has 0 saturated heterocycles. The maximum atomic E-state index is 11.0. The Morgan fingerprint density at radius 2 is 1.95 bits per heavy atom. The van der Waals surface area contributed by atoms with Gasteiger partial charge < -0.3 is 5.11 Å². The monoisotopic (exact) mass is 294 g/mol. The van der Waals surface area contributed by atoms with Gasteiger partial charge in [-0.3, -0.25) is 0 Å². The lowest BCUT2D eigenvalue weighted by Gasteiger charge is -2.13. The van der Waals surface area contributed by atoms with Crippen LogP contribution in [0.5, 0.6) is 0 Å². The first-order valence-electron chi connectivity index (χ1n) is 7.41. The van der Waals surface area contributed by atoms with E-state index in [0.717, 1.165) is 23.2 Å². The third-order valence-corrected chi connectivity index (χ3v) is 4.08. The molecule has 0 radical (unpaired) electrons. The number of rotatable bonds is 4. The fraction of sp³-hybridized carbons (Fsp3) is 0.222. The van der Waals surface area contributed by atoms with Crippen LogP contribution in [0.25, 0.3) is 5.52 Å². The number of aryl methyl sites for hydroxylation is 1. The van der Waals surface area contributed by atoms with Crippen molar-refractivity contribution in [1.82, 2.24) is 9.61 Å². The molecule has 1 unspecified atom stereocenters. The number of nitrogens with zero attached hydrogens (tertiary/aromatic N) is 2. The van der Waals surface area contributed by atoms with Gasteiger partial charge in [0, 0.05) is 17.7 Å². The van der Waals surface area contributed by atoms with E-state index in [1.165, 1.54) is 5.56 Å². The Labute approximate surface area is 129 Å². The second-order valence-corrected chi connectivity index (χ2v) is 5.39. The van der Waals surface area contributed by atoms with Crippen LogP contribution in [-0.2, 0) is 6.42 Å². The minimum Gasteiger partial charge on any atom is -0.478 e. The van der Waals surface area contributed by atoms with Crippen LogP contribution in [0, 0.1) is 0 Å². The average molecular weight is 294 g/mol. The zero-order valence-corrected chi connectivity index (χ0v) is 12.7. The van der Waals surface area contributed by atoms with Gasteiger partial charge in [-0.05, 0) is 36.2 Å². The fourth-order valence-corrected chi connectivity index (χ4v) is 2.88. The molecule has 4 nitrogen and oxygen atoms in total. The van der Waals surface area contributed by atoms with E-state index in [-0.39, 0.29) is 5.92 Å². The zero-order valence-electron chi connectivity index (χ0n) is 12.7. The number of carbonyl (C=O) groups is 1. The molecular formula is C18H18N2O2. The summed E-state index contributed by atoms with van der Waals surface area (Å²) in [5.74, 6) is -0.734. The molecule has 0 bridgehead atoms. The summed E-state index contributed by atoms with van der Waals surface area (Å²) in [5.41, 5.74) is 4.81. The molecule has 0 aliphatic carbocycles. The number of hydrogen-bond donors (Lipinski definition) is 1. The van der Waals surface area contributed by atoms with E-state index in [4.69, 9.17) is 5.11 Å². The van der Waals surface area contributed by atoms with Gasteiger partial charge in [-0.2, -0.15) is 5.10 Å². The molecular weight excluding hydrogens is 276 g/mol. The summed E-state index contributed by atoms with van der Waals surface area (Å²) in [6.45, 7) is 4.24. The second kappa shape index (κ2) is 5.64. The Bertz CT molecular complexity index is 819. The topological polar surface area (TPSA) is 54.6 Å². The SMILES string of the molecule is CCc1nn2ccccc2c1C(C)c1ccc(C(=O)O)cc1. The van der Waals surface area contributed by atoms with E-state index >= 15 is 0 Å². The number of carboxylic acid groups (broad SMARTS) is 1. The Hall–Kier alpha value is -2.62. The Morgan fingerprint density at radius 3 is 2.59 bits per heavy atom. The highest BCUT2D eigenvalue weighted by Gasteiger charge is 2.19. The number of benzene rings is 1. The molecule has 4 heteroatoms. The van der Waals surface area contributed by atoms with Crippen LogP contribution < -0.4 is 0 Å². The Balaban J connectivity index is 2.08. The summed E-state index contributed by atoms with van der Waals surface area (Å²) < 4.78 is 1.91. The van der Waals surface area contributed by atoms with E-state index in [9.17, 15) is 4.79 Å².